The molecule has 0 radical (unpaired) electrons. The zero-order chi connectivity index (χ0) is 24.8. The van der Waals surface area contributed by atoms with E-state index < -0.39 is 54.5 Å². The van der Waals surface area contributed by atoms with Gasteiger partial charge in [0.1, 0.15) is 18.8 Å². The number of esters is 3. The molecule has 1 aliphatic heterocycles. The Labute approximate surface area is 192 Å². The minimum atomic E-state index is -1.16. The molecule has 33 heavy (non-hydrogen) atoms. The molecule has 1 heterocycles. The normalized spacial score (nSPS) is 24.6. The highest BCUT2D eigenvalue weighted by atomic mass is 16.7. The van der Waals surface area contributed by atoms with Crippen LogP contribution in [0.3, 0.4) is 0 Å². The van der Waals surface area contributed by atoms with Gasteiger partial charge in [0.05, 0.1) is 39.6 Å². The quantitative estimate of drug-likeness (QED) is 0.159. The molecule has 1 saturated heterocycles. The number of carbonyl (C=O) groups is 4. The fraction of sp³-hybridized carbons (Fsp3) is 0.800. The van der Waals surface area contributed by atoms with E-state index in [1.165, 1.54) is 27.7 Å². The summed E-state index contributed by atoms with van der Waals surface area (Å²) in [4.78, 5) is 46.6. The summed E-state index contributed by atoms with van der Waals surface area (Å²) >= 11 is 0. The molecule has 190 valence electrons. The Morgan fingerprint density at radius 1 is 0.818 bits per heavy atom. The van der Waals surface area contributed by atoms with Gasteiger partial charge in [0.2, 0.25) is 5.91 Å². The maximum Gasteiger partial charge on any atom is 0.303 e. The number of carbonyl (C=O) groups excluding carboxylic acids is 4. The van der Waals surface area contributed by atoms with E-state index in [2.05, 4.69) is 11.1 Å². The predicted octanol–water partition coefficient (Wildman–Crippen LogP) is -2.07. The molecule has 0 aliphatic carbocycles. The highest BCUT2D eigenvalue weighted by Gasteiger charge is 2.51. The molecule has 0 spiro atoms. The smallest absolute Gasteiger partial charge is 0.303 e. The van der Waals surface area contributed by atoms with Crippen LogP contribution in [0.5, 0.6) is 0 Å². The van der Waals surface area contributed by atoms with Crippen LogP contribution in [0.4, 0.5) is 0 Å². The molecular formula is C20H35N2O11+. The van der Waals surface area contributed by atoms with Crippen LogP contribution in [0.2, 0.25) is 0 Å². The summed E-state index contributed by atoms with van der Waals surface area (Å²) in [6.07, 6.45) is -4.46. The zero-order valence-corrected chi connectivity index (χ0v) is 19.5. The van der Waals surface area contributed by atoms with Crippen LogP contribution in [-0.2, 0) is 52.3 Å². The topological polar surface area (TPSA) is 173 Å². The van der Waals surface area contributed by atoms with Crippen molar-refractivity contribution in [1.82, 2.24) is 5.32 Å². The lowest BCUT2D eigenvalue weighted by molar-refractivity contribution is -0.374. The number of quaternary nitrogens is 1. The summed E-state index contributed by atoms with van der Waals surface area (Å²) in [5.74, 6) is -2.39. The summed E-state index contributed by atoms with van der Waals surface area (Å²) < 4.78 is 38.0. The Morgan fingerprint density at radius 3 is 1.94 bits per heavy atom. The Morgan fingerprint density at radius 2 is 1.39 bits per heavy atom. The lowest BCUT2D eigenvalue weighted by Crippen LogP contribution is -2.66. The molecule has 1 aliphatic rings. The van der Waals surface area contributed by atoms with Crippen molar-refractivity contribution in [2.45, 2.75) is 58.3 Å². The standard InChI is InChI=1S/C20H34N2O11/c1-12(23)22-17-19(32-15(4)26)18(31-14(3)25)16(11-30-13(2)24)33-20(17)29-10-9-28-8-7-27-6-5-21/h16-20H,5-11,21H2,1-4H3,(H,22,23)/p+1/t16-,17-,18+,19-,20-/m1/s1. The fourth-order valence-corrected chi connectivity index (χ4v) is 3.08. The largest absolute Gasteiger partial charge is 0.463 e. The first kappa shape index (κ1) is 28.7. The van der Waals surface area contributed by atoms with Crippen molar-refractivity contribution in [3.05, 3.63) is 0 Å². The maximum atomic E-state index is 11.8. The molecular weight excluding hydrogens is 444 g/mol. The summed E-state index contributed by atoms with van der Waals surface area (Å²) in [7, 11) is 0. The van der Waals surface area contributed by atoms with E-state index in [1.54, 1.807) is 0 Å². The van der Waals surface area contributed by atoms with Crippen LogP contribution in [-0.4, -0.2) is 101 Å². The molecule has 13 heteroatoms. The van der Waals surface area contributed by atoms with Crippen molar-refractivity contribution in [1.29, 1.82) is 0 Å². The first-order valence-electron chi connectivity index (χ1n) is 10.6. The fourth-order valence-electron chi connectivity index (χ4n) is 3.08. The molecule has 0 aromatic carbocycles. The number of nitrogens with one attached hydrogen (secondary N) is 1. The SMILES string of the molecule is CC(=O)N[C@H]1[C@H](OCCOCCOCC[NH3+])O[C@H](COC(C)=O)[C@H](OC(C)=O)[C@@H]1OC(C)=O. The van der Waals surface area contributed by atoms with Gasteiger partial charge in [0, 0.05) is 27.7 Å². The molecule has 0 saturated carbocycles. The van der Waals surface area contributed by atoms with Crippen LogP contribution in [0.25, 0.3) is 0 Å². The highest BCUT2D eigenvalue weighted by Crippen LogP contribution is 2.28. The van der Waals surface area contributed by atoms with Crippen LogP contribution in [0.1, 0.15) is 27.7 Å². The van der Waals surface area contributed by atoms with E-state index in [-0.39, 0.29) is 19.8 Å². The van der Waals surface area contributed by atoms with Gasteiger partial charge in [-0.3, -0.25) is 19.2 Å². The van der Waals surface area contributed by atoms with Gasteiger partial charge in [-0.2, -0.15) is 0 Å². The molecule has 0 aromatic rings. The van der Waals surface area contributed by atoms with E-state index in [9.17, 15) is 19.2 Å². The summed E-state index contributed by atoms with van der Waals surface area (Å²) in [5, 5.41) is 2.62. The zero-order valence-electron chi connectivity index (χ0n) is 19.5. The van der Waals surface area contributed by atoms with E-state index in [0.29, 0.717) is 26.4 Å². The molecule has 4 N–H and O–H groups in total. The first-order valence-corrected chi connectivity index (χ1v) is 10.6. The first-order chi connectivity index (χ1) is 15.6. The van der Waals surface area contributed by atoms with Crippen molar-refractivity contribution in [2.75, 3.05) is 46.2 Å². The number of rotatable bonds is 14. The summed E-state index contributed by atoms with van der Waals surface area (Å²) in [6.45, 7) is 6.75. The third kappa shape index (κ3) is 11.4. The molecule has 13 nitrogen and oxygen atoms in total. The second kappa shape index (κ2) is 15.5. The number of amides is 1. The lowest BCUT2D eigenvalue weighted by atomic mass is 9.96. The third-order valence-corrected chi connectivity index (χ3v) is 4.24. The average molecular weight is 480 g/mol. The monoisotopic (exact) mass is 479 g/mol. The van der Waals surface area contributed by atoms with Crippen molar-refractivity contribution < 1.29 is 58.1 Å². The Hall–Kier alpha value is -2.32. The van der Waals surface area contributed by atoms with Gasteiger partial charge in [0.25, 0.3) is 0 Å². The van der Waals surface area contributed by atoms with Gasteiger partial charge in [-0.1, -0.05) is 0 Å². The Bertz CT molecular complexity index is 646. The second-order valence-corrected chi connectivity index (χ2v) is 7.17. The average Bonchev–Trinajstić information content (AvgIpc) is 2.71. The molecule has 1 fully saturated rings. The predicted molar refractivity (Wildman–Crippen MR) is 109 cm³/mol. The van der Waals surface area contributed by atoms with Gasteiger partial charge in [-0.25, -0.2) is 0 Å². The van der Waals surface area contributed by atoms with Crippen molar-refractivity contribution in [2.24, 2.45) is 0 Å². The molecule has 0 unspecified atom stereocenters. The number of ether oxygens (including phenoxy) is 7. The van der Waals surface area contributed by atoms with Gasteiger partial charge >= 0.3 is 17.9 Å². The lowest BCUT2D eigenvalue weighted by Gasteiger charge is -2.44. The van der Waals surface area contributed by atoms with Crippen molar-refractivity contribution in [3.8, 4) is 0 Å². The van der Waals surface area contributed by atoms with Gasteiger partial charge in [-0.05, 0) is 0 Å². The Balaban J connectivity index is 2.95. The van der Waals surface area contributed by atoms with E-state index in [1.807, 2.05) is 0 Å². The van der Waals surface area contributed by atoms with Gasteiger partial charge in [0.15, 0.2) is 18.5 Å². The molecule has 5 atom stereocenters. The minimum Gasteiger partial charge on any atom is -0.463 e. The van der Waals surface area contributed by atoms with E-state index >= 15 is 0 Å². The maximum absolute atomic E-state index is 11.8. The van der Waals surface area contributed by atoms with Crippen LogP contribution in [0.15, 0.2) is 0 Å². The number of hydrogen-bond donors (Lipinski definition) is 2. The van der Waals surface area contributed by atoms with Crippen LogP contribution >= 0.6 is 0 Å². The molecule has 0 aromatic heterocycles. The minimum absolute atomic E-state index is 0.0708. The van der Waals surface area contributed by atoms with Gasteiger partial charge in [-0.15, -0.1) is 0 Å². The highest BCUT2D eigenvalue weighted by molar-refractivity contribution is 5.73. The van der Waals surface area contributed by atoms with Crippen molar-refractivity contribution in [3.63, 3.8) is 0 Å². The van der Waals surface area contributed by atoms with Gasteiger partial charge < -0.3 is 44.2 Å². The second-order valence-electron chi connectivity index (χ2n) is 7.17. The van der Waals surface area contributed by atoms with Crippen molar-refractivity contribution >= 4 is 23.8 Å². The molecule has 1 amide bonds. The molecule has 1 rings (SSSR count). The van der Waals surface area contributed by atoms with Crippen LogP contribution in [0, 0.1) is 0 Å². The molecule has 0 bridgehead atoms. The summed E-state index contributed by atoms with van der Waals surface area (Å²) in [5.41, 5.74) is 3.67. The summed E-state index contributed by atoms with van der Waals surface area (Å²) in [6, 6.07) is -1.01. The van der Waals surface area contributed by atoms with E-state index in [4.69, 9.17) is 33.2 Å². The van der Waals surface area contributed by atoms with Crippen LogP contribution < -0.4 is 11.1 Å². The van der Waals surface area contributed by atoms with E-state index in [0.717, 1.165) is 0 Å². The third-order valence-electron chi connectivity index (χ3n) is 4.24. The Kier molecular flexibility index (Phi) is 13.5. The number of hydrogen-bond acceptors (Lipinski definition) is 11.